The summed E-state index contributed by atoms with van der Waals surface area (Å²) in [6.45, 7) is 2.92. The van der Waals surface area contributed by atoms with Crippen LogP contribution in [0.2, 0.25) is 5.02 Å². The minimum atomic E-state index is -0.670. The molecule has 0 heterocycles. The van der Waals surface area contributed by atoms with Crippen LogP contribution >= 0.6 is 11.6 Å². The first-order valence-electron chi connectivity index (χ1n) is 8.97. The fraction of sp³-hybridized carbons (Fsp3) is 0.318. The lowest BCUT2D eigenvalue weighted by atomic mass is 10.1. The summed E-state index contributed by atoms with van der Waals surface area (Å²) in [4.78, 5) is 12.6. The number of hydrogen-bond donors (Lipinski definition) is 1. The Morgan fingerprint density at radius 1 is 1.21 bits per heavy atom. The summed E-state index contributed by atoms with van der Waals surface area (Å²) in [6, 6.07) is 12.7. The minimum absolute atomic E-state index is 0.176. The SMILES string of the molecule is C#CCOc1ccc(CCNC(=O)[C@@H](OCC)c2ccc(Cl)cc2)cc1OC. The van der Waals surface area contributed by atoms with Gasteiger partial charge < -0.3 is 19.5 Å². The highest BCUT2D eigenvalue weighted by Crippen LogP contribution is 2.28. The lowest BCUT2D eigenvalue weighted by Crippen LogP contribution is -2.32. The summed E-state index contributed by atoms with van der Waals surface area (Å²) < 4.78 is 16.4. The molecule has 0 saturated carbocycles. The number of benzene rings is 2. The van der Waals surface area contributed by atoms with Crippen molar-refractivity contribution in [2.45, 2.75) is 19.4 Å². The van der Waals surface area contributed by atoms with E-state index in [4.69, 9.17) is 32.2 Å². The highest BCUT2D eigenvalue weighted by atomic mass is 35.5. The molecule has 0 unspecified atom stereocenters. The van der Waals surface area contributed by atoms with Gasteiger partial charge in [-0.05, 0) is 48.7 Å². The molecule has 0 aliphatic carbocycles. The van der Waals surface area contributed by atoms with Gasteiger partial charge in [-0.1, -0.05) is 35.7 Å². The number of rotatable bonds is 10. The number of methoxy groups -OCH3 is 1. The topological polar surface area (TPSA) is 56.8 Å². The molecule has 0 radical (unpaired) electrons. The normalized spacial score (nSPS) is 11.4. The minimum Gasteiger partial charge on any atom is -0.493 e. The quantitative estimate of drug-likeness (QED) is 0.615. The van der Waals surface area contributed by atoms with Gasteiger partial charge in [-0.25, -0.2) is 0 Å². The maximum absolute atomic E-state index is 12.6. The van der Waals surface area contributed by atoms with Gasteiger partial charge in [0.2, 0.25) is 0 Å². The van der Waals surface area contributed by atoms with Crippen molar-refractivity contribution < 1.29 is 19.0 Å². The smallest absolute Gasteiger partial charge is 0.253 e. The molecule has 1 amide bonds. The van der Waals surface area contributed by atoms with Crippen molar-refractivity contribution in [3.63, 3.8) is 0 Å². The summed E-state index contributed by atoms with van der Waals surface area (Å²) in [5, 5.41) is 3.53. The van der Waals surface area contributed by atoms with Crippen LogP contribution in [0.25, 0.3) is 0 Å². The van der Waals surface area contributed by atoms with Crippen LogP contribution < -0.4 is 14.8 Å². The Hall–Kier alpha value is -2.68. The lowest BCUT2D eigenvalue weighted by Gasteiger charge is -2.17. The zero-order valence-corrected chi connectivity index (χ0v) is 16.8. The van der Waals surface area contributed by atoms with E-state index in [9.17, 15) is 4.79 Å². The van der Waals surface area contributed by atoms with Crippen LogP contribution in [0.1, 0.15) is 24.2 Å². The standard InChI is InChI=1S/C22H24ClNO4/c1-4-14-28-19-11-6-16(15-20(19)26-3)12-13-24-22(25)21(27-5-2)17-7-9-18(23)10-8-17/h1,6-11,15,21H,5,12-14H2,2-3H3,(H,24,25)/t21-/m0/s1. The molecule has 148 valence electrons. The molecule has 0 saturated heterocycles. The monoisotopic (exact) mass is 401 g/mol. The van der Waals surface area contributed by atoms with Crippen LogP contribution in [0.3, 0.4) is 0 Å². The molecule has 2 rings (SSSR count). The van der Waals surface area contributed by atoms with E-state index in [1.54, 1.807) is 31.4 Å². The molecule has 0 spiro atoms. The molecule has 2 aromatic carbocycles. The van der Waals surface area contributed by atoms with E-state index in [-0.39, 0.29) is 12.5 Å². The van der Waals surface area contributed by atoms with Crippen molar-refractivity contribution in [1.29, 1.82) is 0 Å². The van der Waals surface area contributed by atoms with E-state index in [0.717, 1.165) is 11.1 Å². The van der Waals surface area contributed by atoms with Crippen LogP contribution in [-0.2, 0) is 16.0 Å². The summed E-state index contributed by atoms with van der Waals surface area (Å²) >= 11 is 5.92. The van der Waals surface area contributed by atoms with Gasteiger partial charge in [-0.15, -0.1) is 6.42 Å². The highest BCUT2D eigenvalue weighted by molar-refractivity contribution is 6.30. The first-order chi connectivity index (χ1) is 13.6. The number of hydrogen-bond acceptors (Lipinski definition) is 4. The van der Waals surface area contributed by atoms with Crippen molar-refractivity contribution in [3.05, 3.63) is 58.6 Å². The Kier molecular flexibility index (Phi) is 8.67. The van der Waals surface area contributed by atoms with Crippen LogP contribution in [0.15, 0.2) is 42.5 Å². The fourth-order valence-corrected chi connectivity index (χ4v) is 2.78. The molecule has 1 atom stereocenters. The number of amides is 1. The Balaban J connectivity index is 1.96. The lowest BCUT2D eigenvalue weighted by molar-refractivity contribution is -0.132. The number of nitrogens with one attached hydrogen (secondary N) is 1. The number of carbonyl (C=O) groups excluding carboxylic acids is 1. The summed E-state index contributed by atoms with van der Waals surface area (Å²) in [5.74, 6) is 3.43. The summed E-state index contributed by atoms with van der Waals surface area (Å²) in [7, 11) is 1.57. The molecular formula is C22H24ClNO4. The fourth-order valence-electron chi connectivity index (χ4n) is 2.66. The second-order valence-corrected chi connectivity index (χ2v) is 6.34. The molecule has 0 aliphatic heterocycles. The molecular weight excluding hydrogens is 378 g/mol. The molecule has 0 fully saturated rings. The van der Waals surface area contributed by atoms with Gasteiger partial charge in [-0.3, -0.25) is 4.79 Å². The van der Waals surface area contributed by atoms with Gasteiger partial charge in [-0.2, -0.15) is 0 Å². The van der Waals surface area contributed by atoms with Crippen molar-refractivity contribution in [2.75, 3.05) is 26.9 Å². The van der Waals surface area contributed by atoms with Crippen molar-refractivity contribution in [1.82, 2.24) is 5.32 Å². The third kappa shape index (κ3) is 6.19. The molecule has 0 bridgehead atoms. The van der Waals surface area contributed by atoms with Crippen molar-refractivity contribution in [2.24, 2.45) is 0 Å². The predicted molar refractivity (Wildman–Crippen MR) is 110 cm³/mol. The number of terminal acetylenes is 1. The van der Waals surface area contributed by atoms with E-state index in [2.05, 4.69) is 11.2 Å². The largest absolute Gasteiger partial charge is 0.493 e. The average molecular weight is 402 g/mol. The molecule has 6 heteroatoms. The maximum Gasteiger partial charge on any atom is 0.253 e. The van der Waals surface area contributed by atoms with Crippen LogP contribution in [0, 0.1) is 12.3 Å². The van der Waals surface area contributed by atoms with Gasteiger partial charge >= 0.3 is 0 Å². The van der Waals surface area contributed by atoms with Crippen LogP contribution in [0.5, 0.6) is 11.5 Å². The van der Waals surface area contributed by atoms with Gasteiger partial charge in [0.05, 0.1) is 7.11 Å². The van der Waals surface area contributed by atoms with Crippen LogP contribution in [-0.4, -0.2) is 32.8 Å². The molecule has 0 aromatic heterocycles. The van der Waals surface area contributed by atoms with Gasteiger partial charge in [0.15, 0.2) is 17.6 Å². The number of ether oxygens (including phenoxy) is 3. The Morgan fingerprint density at radius 3 is 2.61 bits per heavy atom. The van der Waals surface area contributed by atoms with Crippen molar-refractivity contribution >= 4 is 17.5 Å². The zero-order valence-electron chi connectivity index (χ0n) is 16.0. The van der Waals surface area contributed by atoms with E-state index in [0.29, 0.717) is 36.1 Å². The third-order valence-electron chi connectivity index (χ3n) is 4.00. The molecule has 0 aliphatic rings. The van der Waals surface area contributed by atoms with E-state index < -0.39 is 6.10 Å². The number of halogens is 1. The molecule has 2 aromatic rings. The molecule has 28 heavy (non-hydrogen) atoms. The molecule has 1 N–H and O–H groups in total. The summed E-state index contributed by atoms with van der Waals surface area (Å²) in [5.41, 5.74) is 1.77. The van der Waals surface area contributed by atoms with Crippen LogP contribution in [0.4, 0.5) is 0 Å². The maximum atomic E-state index is 12.6. The Labute approximate surface area is 170 Å². The third-order valence-corrected chi connectivity index (χ3v) is 4.25. The van der Waals surface area contributed by atoms with Gasteiger partial charge in [0, 0.05) is 18.2 Å². The van der Waals surface area contributed by atoms with Crippen molar-refractivity contribution in [3.8, 4) is 23.8 Å². The first kappa shape index (κ1) is 21.6. The molecule has 5 nitrogen and oxygen atoms in total. The predicted octanol–water partition coefficient (Wildman–Crippen LogP) is 3.80. The first-order valence-corrected chi connectivity index (χ1v) is 9.34. The van der Waals surface area contributed by atoms with Gasteiger partial charge in [0.1, 0.15) is 6.61 Å². The van der Waals surface area contributed by atoms with Gasteiger partial charge in [0.25, 0.3) is 5.91 Å². The average Bonchev–Trinajstić information content (AvgIpc) is 2.71. The van der Waals surface area contributed by atoms with E-state index in [1.807, 2.05) is 25.1 Å². The van der Waals surface area contributed by atoms with E-state index in [1.165, 1.54) is 0 Å². The second-order valence-electron chi connectivity index (χ2n) is 5.91. The Morgan fingerprint density at radius 2 is 1.96 bits per heavy atom. The second kappa shape index (κ2) is 11.2. The Bertz CT molecular complexity index is 814. The highest BCUT2D eigenvalue weighted by Gasteiger charge is 2.20. The number of carbonyl (C=O) groups is 1. The zero-order chi connectivity index (χ0) is 20.4. The summed E-state index contributed by atoms with van der Waals surface area (Å²) in [6.07, 6.45) is 5.18. The van der Waals surface area contributed by atoms with E-state index >= 15 is 0 Å².